The Morgan fingerprint density at radius 2 is 2.31 bits per heavy atom. The minimum atomic E-state index is -0.0383. The van der Waals surface area contributed by atoms with Gasteiger partial charge >= 0.3 is 0 Å². The van der Waals surface area contributed by atoms with Gasteiger partial charge in [0.2, 0.25) is 5.91 Å². The van der Waals surface area contributed by atoms with Crippen molar-refractivity contribution in [3.8, 4) is 0 Å². The highest BCUT2D eigenvalue weighted by Gasteiger charge is 2.21. The van der Waals surface area contributed by atoms with Gasteiger partial charge in [-0.15, -0.1) is 0 Å². The summed E-state index contributed by atoms with van der Waals surface area (Å²) in [6.45, 7) is 6.70. The predicted molar refractivity (Wildman–Crippen MR) is 66.4 cm³/mol. The Hall–Kier alpha value is -0.610. The molecular weight excluding hydrogens is 202 g/mol. The van der Waals surface area contributed by atoms with Gasteiger partial charge in [-0.1, -0.05) is 6.42 Å². The van der Waals surface area contributed by atoms with E-state index in [9.17, 15) is 4.79 Å². The van der Waals surface area contributed by atoms with E-state index in [1.54, 1.807) is 0 Å². The molecule has 1 saturated heterocycles. The molecule has 94 valence electrons. The average molecular weight is 227 g/mol. The van der Waals surface area contributed by atoms with Crippen LogP contribution in [-0.2, 0) is 4.79 Å². The smallest absolute Gasteiger partial charge is 0.237 e. The number of rotatable bonds is 5. The number of amides is 1. The fourth-order valence-corrected chi connectivity index (χ4v) is 2.11. The predicted octanol–water partition coefficient (Wildman–Crippen LogP) is 0.585. The quantitative estimate of drug-likeness (QED) is 0.722. The van der Waals surface area contributed by atoms with Gasteiger partial charge in [-0.25, -0.2) is 0 Å². The first-order chi connectivity index (χ1) is 7.65. The summed E-state index contributed by atoms with van der Waals surface area (Å²) < 4.78 is 0. The van der Waals surface area contributed by atoms with E-state index in [0.717, 1.165) is 13.1 Å². The number of likely N-dealkylation sites (N-methyl/N-ethyl adjacent to an activating group) is 2. The van der Waals surface area contributed by atoms with Gasteiger partial charge in [0.1, 0.15) is 0 Å². The van der Waals surface area contributed by atoms with Crippen molar-refractivity contribution in [2.24, 2.45) is 0 Å². The normalized spacial score (nSPS) is 23.1. The van der Waals surface area contributed by atoms with Crippen molar-refractivity contribution >= 4 is 5.91 Å². The Morgan fingerprint density at radius 1 is 1.56 bits per heavy atom. The minimum absolute atomic E-state index is 0.0383. The number of carbonyl (C=O) groups excluding carboxylic acids is 1. The largest absolute Gasteiger partial charge is 0.355 e. The number of piperidine rings is 1. The molecule has 4 nitrogen and oxygen atoms in total. The molecular formula is C12H25N3O. The Morgan fingerprint density at radius 3 is 2.88 bits per heavy atom. The standard InChI is InChI=1S/C12H25N3O/c1-4-13-12(16)10(2)15(3)9-11-7-5-6-8-14-11/h10-11,14H,4-9H2,1-3H3,(H,13,16). The second kappa shape index (κ2) is 6.86. The summed E-state index contributed by atoms with van der Waals surface area (Å²) in [6.07, 6.45) is 3.82. The van der Waals surface area contributed by atoms with Crippen molar-refractivity contribution in [2.45, 2.75) is 45.2 Å². The lowest BCUT2D eigenvalue weighted by Crippen LogP contribution is -2.49. The zero-order valence-electron chi connectivity index (χ0n) is 10.8. The lowest BCUT2D eigenvalue weighted by Gasteiger charge is -2.31. The maximum Gasteiger partial charge on any atom is 0.237 e. The molecule has 2 unspecified atom stereocenters. The second-order valence-corrected chi connectivity index (χ2v) is 4.66. The third-order valence-electron chi connectivity index (χ3n) is 3.31. The zero-order valence-corrected chi connectivity index (χ0v) is 10.8. The molecule has 1 fully saturated rings. The van der Waals surface area contributed by atoms with E-state index in [1.165, 1.54) is 19.3 Å². The van der Waals surface area contributed by atoms with Crippen molar-refractivity contribution in [1.29, 1.82) is 0 Å². The van der Waals surface area contributed by atoms with Crippen LogP contribution in [0.25, 0.3) is 0 Å². The second-order valence-electron chi connectivity index (χ2n) is 4.66. The first kappa shape index (κ1) is 13.5. The van der Waals surface area contributed by atoms with Gasteiger partial charge in [0, 0.05) is 19.1 Å². The monoisotopic (exact) mass is 227 g/mol. The van der Waals surface area contributed by atoms with E-state index in [1.807, 2.05) is 20.9 Å². The van der Waals surface area contributed by atoms with Crippen LogP contribution >= 0.6 is 0 Å². The van der Waals surface area contributed by atoms with E-state index < -0.39 is 0 Å². The van der Waals surface area contributed by atoms with Gasteiger partial charge in [0.05, 0.1) is 6.04 Å². The molecule has 0 spiro atoms. The van der Waals surface area contributed by atoms with Gasteiger partial charge in [-0.2, -0.15) is 0 Å². The molecule has 2 atom stereocenters. The molecule has 2 N–H and O–H groups in total. The van der Waals surface area contributed by atoms with Crippen molar-refractivity contribution in [2.75, 3.05) is 26.7 Å². The number of carbonyl (C=O) groups is 1. The Balaban J connectivity index is 2.32. The minimum Gasteiger partial charge on any atom is -0.355 e. The van der Waals surface area contributed by atoms with Gasteiger partial charge in [-0.05, 0) is 40.3 Å². The van der Waals surface area contributed by atoms with Crippen molar-refractivity contribution in [1.82, 2.24) is 15.5 Å². The highest BCUT2D eigenvalue weighted by molar-refractivity contribution is 5.81. The third kappa shape index (κ3) is 4.10. The van der Waals surface area contributed by atoms with E-state index in [4.69, 9.17) is 0 Å². The fraction of sp³-hybridized carbons (Fsp3) is 0.917. The molecule has 0 radical (unpaired) electrons. The Bertz CT molecular complexity index is 214. The Kier molecular flexibility index (Phi) is 5.77. The van der Waals surface area contributed by atoms with E-state index in [-0.39, 0.29) is 11.9 Å². The number of hydrogen-bond acceptors (Lipinski definition) is 3. The van der Waals surface area contributed by atoms with E-state index in [0.29, 0.717) is 12.6 Å². The van der Waals surface area contributed by atoms with Crippen molar-refractivity contribution < 1.29 is 4.79 Å². The summed E-state index contributed by atoms with van der Waals surface area (Å²) in [7, 11) is 2.02. The summed E-state index contributed by atoms with van der Waals surface area (Å²) >= 11 is 0. The first-order valence-electron chi connectivity index (χ1n) is 6.36. The van der Waals surface area contributed by atoms with Crippen LogP contribution in [0.5, 0.6) is 0 Å². The molecule has 1 amide bonds. The molecule has 1 aliphatic heterocycles. The number of nitrogens with zero attached hydrogens (tertiary/aromatic N) is 1. The first-order valence-corrected chi connectivity index (χ1v) is 6.36. The summed E-state index contributed by atoms with van der Waals surface area (Å²) in [5.41, 5.74) is 0. The molecule has 0 bridgehead atoms. The molecule has 1 heterocycles. The molecule has 0 aliphatic carbocycles. The van der Waals surface area contributed by atoms with Crippen LogP contribution in [0.15, 0.2) is 0 Å². The summed E-state index contributed by atoms with van der Waals surface area (Å²) in [4.78, 5) is 13.8. The molecule has 1 aliphatic rings. The molecule has 0 aromatic heterocycles. The van der Waals surface area contributed by atoms with Crippen LogP contribution in [0.4, 0.5) is 0 Å². The maximum atomic E-state index is 11.7. The van der Waals surface area contributed by atoms with Crippen molar-refractivity contribution in [3.05, 3.63) is 0 Å². The van der Waals surface area contributed by atoms with E-state index in [2.05, 4.69) is 15.5 Å². The molecule has 0 aromatic rings. The molecule has 16 heavy (non-hydrogen) atoms. The third-order valence-corrected chi connectivity index (χ3v) is 3.31. The zero-order chi connectivity index (χ0) is 12.0. The summed E-state index contributed by atoms with van der Waals surface area (Å²) in [5, 5.41) is 6.36. The molecule has 4 heteroatoms. The maximum absolute atomic E-state index is 11.7. The van der Waals surface area contributed by atoms with Crippen LogP contribution in [0.2, 0.25) is 0 Å². The molecule has 0 saturated carbocycles. The van der Waals surface area contributed by atoms with Crippen molar-refractivity contribution in [3.63, 3.8) is 0 Å². The number of nitrogens with one attached hydrogen (secondary N) is 2. The molecule has 1 rings (SSSR count). The van der Waals surface area contributed by atoms with Gasteiger partial charge in [-0.3, -0.25) is 9.69 Å². The average Bonchev–Trinajstić information content (AvgIpc) is 2.29. The van der Waals surface area contributed by atoms with E-state index >= 15 is 0 Å². The topological polar surface area (TPSA) is 44.4 Å². The fourth-order valence-electron chi connectivity index (χ4n) is 2.11. The SMILES string of the molecule is CCNC(=O)C(C)N(C)CC1CCCCN1. The van der Waals surface area contributed by atoms with Gasteiger partial charge < -0.3 is 10.6 Å². The highest BCUT2D eigenvalue weighted by atomic mass is 16.2. The van der Waals surface area contributed by atoms with Crippen LogP contribution < -0.4 is 10.6 Å². The lowest BCUT2D eigenvalue weighted by molar-refractivity contribution is -0.125. The number of hydrogen-bond donors (Lipinski definition) is 2. The summed E-state index contributed by atoms with van der Waals surface area (Å²) in [5.74, 6) is 0.126. The van der Waals surface area contributed by atoms with Crippen LogP contribution in [0.3, 0.4) is 0 Å². The van der Waals surface area contributed by atoms with Crippen LogP contribution in [0.1, 0.15) is 33.1 Å². The van der Waals surface area contributed by atoms with Gasteiger partial charge in [0.15, 0.2) is 0 Å². The van der Waals surface area contributed by atoms with Crippen LogP contribution in [-0.4, -0.2) is 49.6 Å². The lowest BCUT2D eigenvalue weighted by atomic mass is 10.0. The molecule has 0 aromatic carbocycles. The highest BCUT2D eigenvalue weighted by Crippen LogP contribution is 2.09. The Labute approximate surface area is 98.8 Å². The van der Waals surface area contributed by atoms with Gasteiger partial charge in [0.25, 0.3) is 0 Å². The summed E-state index contributed by atoms with van der Waals surface area (Å²) in [6, 6.07) is 0.513. The van der Waals surface area contributed by atoms with Crippen LogP contribution in [0, 0.1) is 0 Å².